The molecule has 2 aromatic rings. The average molecular weight is 365 g/mol. The van der Waals surface area contributed by atoms with Crippen molar-refractivity contribution in [2.45, 2.75) is 38.1 Å². The van der Waals surface area contributed by atoms with Gasteiger partial charge in [-0.2, -0.15) is 0 Å². The van der Waals surface area contributed by atoms with Crippen LogP contribution in [0.1, 0.15) is 30.9 Å². The minimum atomic E-state index is -0.846. The molecule has 2 aliphatic heterocycles. The molecule has 0 radical (unpaired) electrons. The molecule has 0 saturated carbocycles. The van der Waals surface area contributed by atoms with Crippen LogP contribution in [0.3, 0.4) is 0 Å². The third-order valence-electron chi connectivity index (χ3n) is 5.52. The largest absolute Gasteiger partial charge is 0.460 e. The minimum Gasteiger partial charge on any atom is -0.460 e. The quantitative estimate of drug-likeness (QED) is 0.617. The Morgan fingerprint density at radius 1 is 1.11 bits per heavy atom. The maximum absolute atomic E-state index is 13.2. The number of hydrogen-bond acceptors (Lipinski definition) is 4. The van der Waals surface area contributed by atoms with Gasteiger partial charge in [-0.3, -0.25) is 9.59 Å². The van der Waals surface area contributed by atoms with Gasteiger partial charge in [0.25, 0.3) is 0 Å². The maximum atomic E-state index is 13.2. The standard InChI is InChI=1S/C22H23NO4/c1-22(17-10-6-3-7-11-17)23-18(15-27-22)12-13-19(20(23)24)21(25)26-14-16-8-4-2-5-9-16/h2-11,18-19H,12-15H2,1H3/t18-,19+,22-/m0/s1. The van der Waals surface area contributed by atoms with Crippen LogP contribution in [-0.4, -0.2) is 29.4 Å². The van der Waals surface area contributed by atoms with E-state index in [4.69, 9.17) is 9.47 Å². The molecule has 2 aliphatic rings. The molecular weight excluding hydrogens is 342 g/mol. The molecular formula is C22H23NO4. The molecule has 4 rings (SSSR count). The molecule has 5 heteroatoms. The second kappa shape index (κ2) is 7.16. The second-order valence-corrected chi connectivity index (χ2v) is 7.25. The first-order valence-electron chi connectivity index (χ1n) is 9.33. The van der Waals surface area contributed by atoms with Crippen LogP contribution >= 0.6 is 0 Å². The van der Waals surface area contributed by atoms with Crippen molar-refractivity contribution in [3.05, 3.63) is 71.8 Å². The molecule has 2 fully saturated rings. The Morgan fingerprint density at radius 3 is 2.48 bits per heavy atom. The van der Waals surface area contributed by atoms with Crippen LogP contribution in [0.15, 0.2) is 60.7 Å². The van der Waals surface area contributed by atoms with Gasteiger partial charge < -0.3 is 14.4 Å². The monoisotopic (exact) mass is 365 g/mol. The van der Waals surface area contributed by atoms with Crippen molar-refractivity contribution in [3.63, 3.8) is 0 Å². The first-order chi connectivity index (χ1) is 13.1. The van der Waals surface area contributed by atoms with E-state index in [-0.39, 0.29) is 18.6 Å². The summed E-state index contributed by atoms with van der Waals surface area (Å²) in [7, 11) is 0. The molecule has 1 amide bonds. The second-order valence-electron chi connectivity index (χ2n) is 7.25. The van der Waals surface area contributed by atoms with Crippen molar-refractivity contribution in [2.24, 2.45) is 5.92 Å². The van der Waals surface area contributed by atoms with Gasteiger partial charge >= 0.3 is 5.97 Å². The van der Waals surface area contributed by atoms with Crippen molar-refractivity contribution < 1.29 is 19.1 Å². The van der Waals surface area contributed by atoms with Gasteiger partial charge in [0.05, 0.1) is 12.6 Å². The number of carbonyl (C=O) groups is 2. The highest BCUT2D eigenvalue weighted by molar-refractivity contribution is 5.98. The molecule has 2 heterocycles. The van der Waals surface area contributed by atoms with Gasteiger partial charge in [0, 0.05) is 5.56 Å². The first-order valence-corrected chi connectivity index (χ1v) is 9.33. The highest BCUT2D eigenvalue weighted by Gasteiger charge is 2.53. The topological polar surface area (TPSA) is 55.8 Å². The highest BCUT2D eigenvalue weighted by atomic mass is 16.5. The fourth-order valence-corrected chi connectivity index (χ4v) is 4.02. The van der Waals surface area contributed by atoms with E-state index in [2.05, 4.69) is 0 Å². The molecule has 140 valence electrons. The number of piperidine rings is 1. The fraction of sp³-hybridized carbons (Fsp3) is 0.364. The lowest BCUT2D eigenvalue weighted by Gasteiger charge is -2.41. The van der Waals surface area contributed by atoms with Crippen LogP contribution in [0.5, 0.6) is 0 Å². The highest BCUT2D eigenvalue weighted by Crippen LogP contribution is 2.42. The smallest absolute Gasteiger partial charge is 0.318 e. The van der Waals surface area contributed by atoms with Crippen LogP contribution in [0.4, 0.5) is 0 Å². The molecule has 2 aromatic carbocycles. The number of amides is 1. The van der Waals surface area contributed by atoms with Gasteiger partial charge in [-0.15, -0.1) is 0 Å². The first kappa shape index (κ1) is 17.7. The molecule has 0 unspecified atom stereocenters. The van der Waals surface area contributed by atoms with Gasteiger partial charge in [0.15, 0.2) is 5.72 Å². The zero-order chi connectivity index (χ0) is 18.9. The number of rotatable bonds is 4. The lowest BCUT2D eigenvalue weighted by Crippen LogP contribution is -2.54. The lowest BCUT2D eigenvalue weighted by molar-refractivity contribution is -0.169. The van der Waals surface area contributed by atoms with Crippen molar-refractivity contribution >= 4 is 11.9 Å². The van der Waals surface area contributed by atoms with Crippen molar-refractivity contribution in [1.82, 2.24) is 4.90 Å². The molecule has 0 aromatic heterocycles. The summed E-state index contributed by atoms with van der Waals surface area (Å²) in [5, 5.41) is 0. The van der Waals surface area contributed by atoms with Gasteiger partial charge in [-0.05, 0) is 25.3 Å². The van der Waals surface area contributed by atoms with E-state index >= 15 is 0 Å². The van der Waals surface area contributed by atoms with Gasteiger partial charge in [0.2, 0.25) is 5.91 Å². The van der Waals surface area contributed by atoms with E-state index in [1.165, 1.54) is 0 Å². The van der Waals surface area contributed by atoms with Gasteiger partial charge in [0.1, 0.15) is 12.5 Å². The lowest BCUT2D eigenvalue weighted by atomic mass is 9.90. The molecule has 0 aliphatic carbocycles. The Balaban J connectivity index is 1.50. The number of fused-ring (bicyclic) bond motifs is 1. The number of esters is 1. The van der Waals surface area contributed by atoms with Crippen molar-refractivity contribution in [3.8, 4) is 0 Å². The zero-order valence-corrected chi connectivity index (χ0v) is 15.3. The predicted molar refractivity (Wildman–Crippen MR) is 99.3 cm³/mol. The van der Waals surface area contributed by atoms with Crippen molar-refractivity contribution in [2.75, 3.05) is 6.61 Å². The predicted octanol–water partition coefficient (Wildman–Crippen LogP) is 3.24. The Hall–Kier alpha value is -2.66. The summed E-state index contributed by atoms with van der Waals surface area (Å²) in [6.07, 6.45) is 1.24. The van der Waals surface area contributed by atoms with E-state index < -0.39 is 17.6 Å². The molecule has 2 saturated heterocycles. The van der Waals surface area contributed by atoms with Gasteiger partial charge in [-0.1, -0.05) is 60.7 Å². The van der Waals surface area contributed by atoms with E-state index in [0.29, 0.717) is 13.0 Å². The zero-order valence-electron chi connectivity index (χ0n) is 15.3. The van der Waals surface area contributed by atoms with E-state index in [9.17, 15) is 9.59 Å². The maximum Gasteiger partial charge on any atom is 0.318 e. The molecule has 0 bridgehead atoms. The van der Waals surface area contributed by atoms with Crippen LogP contribution in [0.2, 0.25) is 0 Å². The summed E-state index contributed by atoms with van der Waals surface area (Å²) in [5.41, 5.74) is 0.978. The van der Waals surface area contributed by atoms with Crippen molar-refractivity contribution in [1.29, 1.82) is 0 Å². The molecule has 3 atom stereocenters. The number of nitrogens with zero attached hydrogens (tertiary/aromatic N) is 1. The molecule has 27 heavy (non-hydrogen) atoms. The summed E-state index contributed by atoms with van der Waals surface area (Å²) in [4.78, 5) is 27.6. The van der Waals surface area contributed by atoms with E-state index in [1.54, 1.807) is 4.90 Å². The fourth-order valence-electron chi connectivity index (χ4n) is 4.02. The van der Waals surface area contributed by atoms with E-state index in [1.807, 2.05) is 67.6 Å². The number of benzene rings is 2. The SMILES string of the molecule is C[C@@]1(c2ccccc2)OC[C@@H]2CC[C@@H](C(=O)OCc3ccccc3)C(=O)N21. The van der Waals surface area contributed by atoms with Crippen LogP contribution in [-0.2, 0) is 31.4 Å². The Labute approximate surface area is 158 Å². The van der Waals surface area contributed by atoms with Gasteiger partial charge in [-0.25, -0.2) is 0 Å². The third-order valence-corrected chi connectivity index (χ3v) is 5.52. The Kier molecular flexibility index (Phi) is 4.70. The third kappa shape index (κ3) is 3.23. The summed E-state index contributed by atoms with van der Waals surface area (Å²) in [6, 6.07) is 19.2. The summed E-state index contributed by atoms with van der Waals surface area (Å²) in [6.45, 7) is 2.57. The number of carbonyl (C=O) groups excluding carboxylic acids is 2. The molecule has 5 nitrogen and oxygen atoms in total. The molecule has 0 N–H and O–H groups in total. The average Bonchev–Trinajstić information content (AvgIpc) is 3.07. The number of hydrogen-bond donors (Lipinski definition) is 0. The number of ether oxygens (including phenoxy) is 2. The van der Waals surface area contributed by atoms with Crippen LogP contribution in [0.25, 0.3) is 0 Å². The summed E-state index contributed by atoms with van der Waals surface area (Å²) in [5.74, 6) is -1.42. The summed E-state index contributed by atoms with van der Waals surface area (Å²) < 4.78 is 11.5. The molecule has 0 spiro atoms. The minimum absolute atomic E-state index is 0.000814. The Bertz CT molecular complexity index is 823. The van der Waals surface area contributed by atoms with Crippen LogP contribution < -0.4 is 0 Å². The van der Waals surface area contributed by atoms with Crippen LogP contribution in [0, 0.1) is 5.92 Å². The Morgan fingerprint density at radius 2 is 1.78 bits per heavy atom. The normalized spacial score (nSPS) is 27.3. The summed E-state index contributed by atoms with van der Waals surface area (Å²) >= 11 is 0. The van der Waals surface area contributed by atoms with E-state index in [0.717, 1.165) is 17.5 Å².